The first-order valence-electron chi connectivity index (χ1n) is 7.31. The third-order valence-corrected chi connectivity index (χ3v) is 3.84. The van der Waals surface area contributed by atoms with Crippen LogP contribution in [0.15, 0.2) is 24.3 Å². The number of carboxylic acids is 1. The molecule has 0 aromatic heterocycles. The largest absolute Gasteiger partial charge is 0.489 e. The van der Waals surface area contributed by atoms with E-state index in [-0.39, 0.29) is 6.10 Å². The van der Waals surface area contributed by atoms with Crippen molar-refractivity contribution in [3.05, 3.63) is 29.8 Å². The predicted octanol–water partition coefficient (Wildman–Crippen LogP) is 2.70. The Hall–Kier alpha value is -1.55. The number of hydrogen-bond acceptors (Lipinski definition) is 3. The lowest BCUT2D eigenvalue weighted by molar-refractivity contribution is -0.142. The zero-order valence-corrected chi connectivity index (χ0v) is 12.2. The molecule has 0 bridgehead atoms. The molecule has 0 unspecified atom stereocenters. The zero-order valence-electron chi connectivity index (χ0n) is 12.2. The fourth-order valence-corrected chi connectivity index (χ4v) is 2.68. The van der Waals surface area contributed by atoms with Crippen LogP contribution >= 0.6 is 0 Å². The topological polar surface area (TPSA) is 49.8 Å². The van der Waals surface area contributed by atoms with E-state index in [9.17, 15) is 9.90 Å². The summed E-state index contributed by atoms with van der Waals surface area (Å²) in [4.78, 5) is 13.4. The second-order valence-electron chi connectivity index (χ2n) is 5.44. The third-order valence-electron chi connectivity index (χ3n) is 3.84. The standard InChI is InChI=1S/C16H23NO3/c1-3-4-9-17-11-13(10-14(17)16(18)19)20-15-8-6-5-7-12(15)2/h5-8,13-14H,3-4,9-11H2,1-2H3,(H,18,19)/t13-,14+/m1/s1. The fourth-order valence-electron chi connectivity index (χ4n) is 2.68. The van der Waals surface area contributed by atoms with Gasteiger partial charge in [0.15, 0.2) is 0 Å². The monoisotopic (exact) mass is 277 g/mol. The molecular weight excluding hydrogens is 254 g/mol. The van der Waals surface area contributed by atoms with Crippen molar-refractivity contribution in [3.8, 4) is 5.75 Å². The molecule has 1 fully saturated rings. The molecule has 2 rings (SSSR count). The summed E-state index contributed by atoms with van der Waals surface area (Å²) in [5, 5.41) is 9.32. The van der Waals surface area contributed by atoms with Crippen molar-refractivity contribution in [2.45, 2.75) is 45.3 Å². The minimum absolute atomic E-state index is 0.0333. The lowest BCUT2D eigenvalue weighted by atomic mass is 10.2. The summed E-state index contributed by atoms with van der Waals surface area (Å²) in [5.74, 6) is 0.121. The van der Waals surface area contributed by atoms with Crippen LogP contribution in [-0.4, -0.2) is 41.2 Å². The van der Waals surface area contributed by atoms with Crippen molar-refractivity contribution in [2.24, 2.45) is 0 Å². The van der Waals surface area contributed by atoms with Crippen molar-refractivity contribution in [1.82, 2.24) is 4.90 Å². The summed E-state index contributed by atoms with van der Waals surface area (Å²) in [6.07, 6.45) is 2.63. The highest BCUT2D eigenvalue weighted by Crippen LogP contribution is 2.25. The number of aliphatic carboxylic acids is 1. The van der Waals surface area contributed by atoms with Crippen molar-refractivity contribution < 1.29 is 14.6 Å². The summed E-state index contributed by atoms with van der Waals surface area (Å²) >= 11 is 0. The van der Waals surface area contributed by atoms with E-state index >= 15 is 0 Å². The molecule has 0 amide bonds. The van der Waals surface area contributed by atoms with E-state index in [0.29, 0.717) is 13.0 Å². The molecule has 0 radical (unpaired) electrons. The van der Waals surface area contributed by atoms with Gasteiger partial charge in [0.1, 0.15) is 17.9 Å². The van der Waals surface area contributed by atoms with Crippen LogP contribution in [0.25, 0.3) is 0 Å². The predicted molar refractivity (Wildman–Crippen MR) is 78.1 cm³/mol. The number of rotatable bonds is 6. The van der Waals surface area contributed by atoms with Gasteiger partial charge in [-0.25, -0.2) is 0 Å². The Bertz CT molecular complexity index is 461. The fraction of sp³-hybridized carbons (Fsp3) is 0.562. The highest BCUT2D eigenvalue weighted by molar-refractivity contribution is 5.74. The first-order chi connectivity index (χ1) is 9.61. The molecule has 2 atom stereocenters. The van der Waals surface area contributed by atoms with E-state index in [0.717, 1.165) is 30.7 Å². The molecular formula is C16H23NO3. The Kier molecular flexibility index (Phi) is 5.01. The van der Waals surface area contributed by atoms with Gasteiger partial charge < -0.3 is 9.84 Å². The quantitative estimate of drug-likeness (QED) is 0.868. The Balaban J connectivity index is 2.00. The number of unbranched alkanes of at least 4 members (excludes halogenated alkanes) is 1. The lowest BCUT2D eigenvalue weighted by Gasteiger charge is -2.20. The molecule has 1 heterocycles. The van der Waals surface area contributed by atoms with Gasteiger partial charge in [-0.3, -0.25) is 9.69 Å². The number of benzene rings is 1. The number of ether oxygens (including phenoxy) is 1. The van der Waals surface area contributed by atoms with Crippen LogP contribution in [0, 0.1) is 6.92 Å². The van der Waals surface area contributed by atoms with E-state index in [2.05, 4.69) is 6.92 Å². The third kappa shape index (κ3) is 3.51. The van der Waals surface area contributed by atoms with Gasteiger partial charge in [-0.1, -0.05) is 31.5 Å². The molecule has 1 aromatic rings. The summed E-state index contributed by atoms with van der Waals surface area (Å²) in [7, 11) is 0. The molecule has 1 N–H and O–H groups in total. The zero-order chi connectivity index (χ0) is 14.5. The van der Waals surface area contributed by atoms with Crippen LogP contribution < -0.4 is 4.74 Å². The van der Waals surface area contributed by atoms with Gasteiger partial charge >= 0.3 is 5.97 Å². The summed E-state index contributed by atoms with van der Waals surface area (Å²) in [5.41, 5.74) is 1.09. The van der Waals surface area contributed by atoms with Gasteiger partial charge in [-0.15, -0.1) is 0 Å². The number of nitrogens with zero attached hydrogens (tertiary/aromatic N) is 1. The minimum Gasteiger partial charge on any atom is -0.489 e. The van der Waals surface area contributed by atoms with Gasteiger partial charge in [0.05, 0.1) is 0 Å². The molecule has 110 valence electrons. The summed E-state index contributed by atoms with van der Waals surface area (Å²) in [6.45, 7) is 5.66. The van der Waals surface area contributed by atoms with Gasteiger partial charge in [-0.05, 0) is 31.5 Å². The Labute approximate surface area is 120 Å². The molecule has 1 aliphatic rings. The highest BCUT2D eigenvalue weighted by Gasteiger charge is 2.37. The maximum atomic E-state index is 11.3. The van der Waals surface area contributed by atoms with Crippen molar-refractivity contribution >= 4 is 5.97 Å². The number of aryl methyl sites for hydroxylation is 1. The van der Waals surface area contributed by atoms with Crippen LogP contribution in [0.3, 0.4) is 0 Å². The molecule has 1 saturated heterocycles. The second-order valence-corrected chi connectivity index (χ2v) is 5.44. The SMILES string of the molecule is CCCCN1C[C@H](Oc2ccccc2C)C[C@H]1C(=O)O. The minimum atomic E-state index is -0.739. The smallest absolute Gasteiger partial charge is 0.321 e. The summed E-state index contributed by atoms with van der Waals surface area (Å²) in [6, 6.07) is 7.47. The van der Waals surface area contributed by atoms with Gasteiger partial charge in [0.2, 0.25) is 0 Å². The van der Waals surface area contributed by atoms with Crippen LogP contribution in [0.4, 0.5) is 0 Å². The second kappa shape index (κ2) is 6.75. The molecule has 1 aliphatic heterocycles. The van der Waals surface area contributed by atoms with Gasteiger partial charge in [-0.2, -0.15) is 0 Å². The lowest BCUT2D eigenvalue weighted by Crippen LogP contribution is -2.36. The van der Waals surface area contributed by atoms with Crippen LogP contribution in [0.5, 0.6) is 5.75 Å². The number of hydrogen-bond donors (Lipinski definition) is 1. The van der Waals surface area contributed by atoms with E-state index in [1.165, 1.54) is 0 Å². The number of carboxylic acid groups (broad SMARTS) is 1. The molecule has 4 nitrogen and oxygen atoms in total. The molecule has 1 aromatic carbocycles. The average Bonchev–Trinajstić information content (AvgIpc) is 2.82. The maximum Gasteiger partial charge on any atom is 0.321 e. The van der Waals surface area contributed by atoms with Crippen molar-refractivity contribution in [3.63, 3.8) is 0 Å². The Morgan fingerprint density at radius 1 is 1.45 bits per heavy atom. The Morgan fingerprint density at radius 3 is 2.85 bits per heavy atom. The van der Waals surface area contributed by atoms with E-state index in [1.54, 1.807) is 0 Å². The van der Waals surface area contributed by atoms with Crippen molar-refractivity contribution in [1.29, 1.82) is 0 Å². The van der Waals surface area contributed by atoms with E-state index < -0.39 is 12.0 Å². The molecule has 0 aliphatic carbocycles. The molecule has 0 saturated carbocycles. The first-order valence-corrected chi connectivity index (χ1v) is 7.31. The van der Waals surface area contributed by atoms with Crippen molar-refractivity contribution in [2.75, 3.05) is 13.1 Å². The van der Waals surface area contributed by atoms with E-state index in [4.69, 9.17) is 4.74 Å². The molecule has 0 spiro atoms. The maximum absolute atomic E-state index is 11.3. The van der Waals surface area contributed by atoms with Crippen LogP contribution in [0.1, 0.15) is 31.7 Å². The first kappa shape index (κ1) is 14.9. The molecule has 20 heavy (non-hydrogen) atoms. The Morgan fingerprint density at radius 2 is 2.20 bits per heavy atom. The van der Waals surface area contributed by atoms with Crippen LogP contribution in [0.2, 0.25) is 0 Å². The normalized spacial score (nSPS) is 22.9. The highest BCUT2D eigenvalue weighted by atomic mass is 16.5. The van der Waals surface area contributed by atoms with Gasteiger partial charge in [0, 0.05) is 13.0 Å². The number of likely N-dealkylation sites (tertiary alicyclic amines) is 1. The van der Waals surface area contributed by atoms with E-state index in [1.807, 2.05) is 36.1 Å². The number of carbonyl (C=O) groups is 1. The summed E-state index contributed by atoms with van der Waals surface area (Å²) < 4.78 is 5.99. The van der Waals surface area contributed by atoms with Crippen LogP contribution in [-0.2, 0) is 4.79 Å². The molecule has 4 heteroatoms. The average molecular weight is 277 g/mol. The number of para-hydroxylation sites is 1. The van der Waals surface area contributed by atoms with Gasteiger partial charge in [0.25, 0.3) is 0 Å².